The quantitative estimate of drug-likeness (QED) is 0.769. The standard InChI is InChI=1S/C15H20ClN/c1-10-13(16)8-7-12-9-14(17-15(10)12)11-5-3-2-4-6-11/h7-8,11,14,17H,2-6,9H2,1H3. The van der Waals surface area contributed by atoms with Crippen molar-refractivity contribution in [3.05, 3.63) is 28.3 Å². The Morgan fingerprint density at radius 3 is 2.71 bits per heavy atom. The molecule has 1 nitrogen and oxygen atoms in total. The molecule has 1 heterocycles. The third-order valence-electron chi connectivity index (χ3n) is 4.47. The topological polar surface area (TPSA) is 12.0 Å². The summed E-state index contributed by atoms with van der Waals surface area (Å²) in [6, 6.07) is 4.89. The van der Waals surface area contributed by atoms with Crippen molar-refractivity contribution in [1.82, 2.24) is 0 Å². The third kappa shape index (κ3) is 2.06. The van der Waals surface area contributed by atoms with Crippen LogP contribution in [-0.4, -0.2) is 6.04 Å². The van der Waals surface area contributed by atoms with Gasteiger partial charge < -0.3 is 5.32 Å². The van der Waals surface area contributed by atoms with Crippen molar-refractivity contribution < 1.29 is 0 Å². The average Bonchev–Trinajstić information content (AvgIpc) is 2.80. The van der Waals surface area contributed by atoms with Crippen LogP contribution in [0.3, 0.4) is 0 Å². The molecule has 2 aliphatic rings. The van der Waals surface area contributed by atoms with Crippen molar-refractivity contribution in [2.45, 2.75) is 51.5 Å². The van der Waals surface area contributed by atoms with Crippen LogP contribution in [-0.2, 0) is 6.42 Å². The molecule has 0 radical (unpaired) electrons. The maximum Gasteiger partial charge on any atom is 0.0455 e. The van der Waals surface area contributed by atoms with Gasteiger partial charge in [0.05, 0.1) is 0 Å². The highest BCUT2D eigenvalue weighted by Crippen LogP contribution is 2.38. The summed E-state index contributed by atoms with van der Waals surface area (Å²) >= 11 is 6.19. The smallest absolute Gasteiger partial charge is 0.0455 e. The number of benzene rings is 1. The maximum absolute atomic E-state index is 6.19. The minimum absolute atomic E-state index is 0.655. The SMILES string of the molecule is Cc1c(Cl)ccc2c1NC(C1CCCCC1)C2. The summed E-state index contributed by atoms with van der Waals surface area (Å²) in [7, 11) is 0. The van der Waals surface area contributed by atoms with Crippen molar-refractivity contribution in [1.29, 1.82) is 0 Å². The van der Waals surface area contributed by atoms with E-state index in [0.29, 0.717) is 6.04 Å². The number of hydrogen-bond donors (Lipinski definition) is 1. The summed E-state index contributed by atoms with van der Waals surface area (Å²) in [5.74, 6) is 0.870. The van der Waals surface area contributed by atoms with Crippen LogP contribution in [0.2, 0.25) is 5.02 Å². The van der Waals surface area contributed by atoms with E-state index in [1.807, 2.05) is 6.07 Å². The van der Waals surface area contributed by atoms with E-state index in [1.165, 1.54) is 55.3 Å². The highest BCUT2D eigenvalue weighted by Gasteiger charge is 2.30. The Morgan fingerprint density at radius 1 is 1.18 bits per heavy atom. The van der Waals surface area contributed by atoms with Crippen molar-refractivity contribution in [3.63, 3.8) is 0 Å². The zero-order chi connectivity index (χ0) is 11.8. The van der Waals surface area contributed by atoms with E-state index in [1.54, 1.807) is 0 Å². The van der Waals surface area contributed by atoms with Gasteiger partial charge in [-0.1, -0.05) is 36.9 Å². The predicted octanol–water partition coefficient (Wildman–Crippen LogP) is 4.57. The van der Waals surface area contributed by atoms with E-state index in [9.17, 15) is 0 Å². The van der Waals surface area contributed by atoms with Gasteiger partial charge in [0.1, 0.15) is 0 Å². The Hall–Kier alpha value is -0.690. The summed E-state index contributed by atoms with van der Waals surface area (Å²) in [6.07, 6.45) is 8.26. The zero-order valence-electron chi connectivity index (χ0n) is 10.4. The van der Waals surface area contributed by atoms with Crippen LogP contribution in [0.4, 0.5) is 5.69 Å². The molecule has 1 atom stereocenters. The van der Waals surface area contributed by atoms with Crippen LogP contribution in [0.1, 0.15) is 43.2 Å². The molecular weight excluding hydrogens is 230 g/mol. The Kier molecular flexibility index (Phi) is 3.04. The van der Waals surface area contributed by atoms with E-state index in [0.717, 1.165) is 10.9 Å². The molecule has 1 aromatic rings. The van der Waals surface area contributed by atoms with Gasteiger partial charge in [-0.2, -0.15) is 0 Å². The fourth-order valence-electron chi connectivity index (χ4n) is 3.41. The van der Waals surface area contributed by atoms with Crippen LogP contribution >= 0.6 is 11.6 Å². The van der Waals surface area contributed by atoms with Crippen molar-refractivity contribution in [2.75, 3.05) is 5.32 Å². The fourth-order valence-corrected chi connectivity index (χ4v) is 3.57. The number of nitrogens with one attached hydrogen (secondary N) is 1. The lowest BCUT2D eigenvalue weighted by Gasteiger charge is -2.27. The molecule has 0 saturated heterocycles. The molecule has 92 valence electrons. The Labute approximate surface area is 109 Å². The third-order valence-corrected chi connectivity index (χ3v) is 4.88. The van der Waals surface area contributed by atoms with E-state index >= 15 is 0 Å². The number of halogens is 1. The lowest BCUT2D eigenvalue weighted by atomic mass is 9.83. The first kappa shape index (κ1) is 11.4. The van der Waals surface area contributed by atoms with E-state index in [2.05, 4.69) is 18.3 Å². The maximum atomic E-state index is 6.19. The second-order valence-electron chi connectivity index (χ2n) is 5.56. The predicted molar refractivity (Wildman–Crippen MR) is 73.9 cm³/mol. The van der Waals surface area contributed by atoms with Gasteiger partial charge in [0.2, 0.25) is 0 Å². The molecule has 3 rings (SSSR count). The van der Waals surface area contributed by atoms with E-state index in [-0.39, 0.29) is 0 Å². The number of anilines is 1. The van der Waals surface area contributed by atoms with Gasteiger partial charge in [0.15, 0.2) is 0 Å². The van der Waals surface area contributed by atoms with Crippen molar-refractivity contribution >= 4 is 17.3 Å². The summed E-state index contributed by atoms with van der Waals surface area (Å²) in [5, 5.41) is 4.62. The molecule has 1 unspecified atom stereocenters. The van der Waals surface area contributed by atoms with Crippen LogP contribution in [0.5, 0.6) is 0 Å². The van der Waals surface area contributed by atoms with Gasteiger partial charge in [0.25, 0.3) is 0 Å². The summed E-state index contributed by atoms with van der Waals surface area (Å²) in [6.45, 7) is 2.12. The Balaban J connectivity index is 1.80. The van der Waals surface area contributed by atoms with E-state index < -0.39 is 0 Å². The van der Waals surface area contributed by atoms with Crippen LogP contribution in [0, 0.1) is 12.8 Å². The Morgan fingerprint density at radius 2 is 1.94 bits per heavy atom. The molecule has 17 heavy (non-hydrogen) atoms. The molecular formula is C15H20ClN. The average molecular weight is 250 g/mol. The van der Waals surface area contributed by atoms with Crippen LogP contribution in [0.15, 0.2) is 12.1 Å². The first-order valence-corrected chi connectivity index (χ1v) is 7.18. The molecule has 0 amide bonds. The van der Waals surface area contributed by atoms with Gasteiger partial charge >= 0.3 is 0 Å². The van der Waals surface area contributed by atoms with E-state index in [4.69, 9.17) is 11.6 Å². The van der Waals surface area contributed by atoms with Gasteiger partial charge in [-0.25, -0.2) is 0 Å². The highest BCUT2D eigenvalue weighted by molar-refractivity contribution is 6.31. The summed E-state index contributed by atoms with van der Waals surface area (Å²) in [5.41, 5.74) is 4.00. The van der Waals surface area contributed by atoms with Crippen LogP contribution < -0.4 is 5.32 Å². The molecule has 0 bridgehead atoms. The van der Waals surface area contributed by atoms with Crippen molar-refractivity contribution in [3.8, 4) is 0 Å². The molecule has 1 aliphatic carbocycles. The monoisotopic (exact) mass is 249 g/mol. The molecule has 0 spiro atoms. The van der Waals surface area contributed by atoms with Gasteiger partial charge in [-0.15, -0.1) is 0 Å². The summed E-state index contributed by atoms with van der Waals surface area (Å²) in [4.78, 5) is 0. The van der Waals surface area contributed by atoms with Gasteiger partial charge in [0, 0.05) is 16.8 Å². The number of fused-ring (bicyclic) bond motifs is 1. The number of hydrogen-bond acceptors (Lipinski definition) is 1. The van der Waals surface area contributed by atoms with Gasteiger partial charge in [-0.3, -0.25) is 0 Å². The molecule has 2 heteroatoms. The minimum Gasteiger partial charge on any atom is -0.381 e. The second kappa shape index (κ2) is 4.53. The van der Waals surface area contributed by atoms with Gasteiger partial charge in [-0.05, 0) is 49.3 Å². The normalized spacial score (nSPS) is 24.5. The van der Waals surface area contributed by atoms with Crippen LogP contribution in [0.25, 0.3) is 0 Å². The lowest BCUT2D eigenvalue weighted by molar-refractivity contribution is 0.321. The second-order valence-corrected chi connectivity index (χ2v) is 5.97. The molecule has 1 aliphatic heterocycles. The molecule has 1 aromatic carbocycles. The lowest BCUT2D eigenvalue weighted by Crippen LogP contribution is -2.28. The summed E-state index contributed by atoms with van der Waals surface area (Å²) < 4.78 is 0. The first-order chi connectivity index (χ1) is 8.25. The minimum atomic E-state index is 0.655. The first-order valence-electron chi connectivity index (χ1n) is 6.80. The molecule has 1 N–H and O–H groups in total. The molecule has 1 saturated carbocycles. The highest BCUT2D eigenvalue weighted by atomic mass is 35.5. The fraction of sp³-hybridized carbons (Fsp3) is 0.600. The molecule has 1 fully saturated rings. The largest absolute Gasteiger partial charge is 0.381 e. The zero-order valence-corrected chi connectivity index (χ0v) is 11.2. The Bertz CT molecular complexity index is 421. The number of rotatable bonds is 1. The molecule has 0 aromatic heterocycles. The van der Waals surface area contributed by atoms with Crippen molar-refractivity contribution in [2.24, 2.45) is 5.92 Å².